The minimum absolute atomic E-state index is 0.164. The molecule has 0 aliphatic heterocycles. The van der Waals surface area contributed by atoms with E-state index in [4.69, 9.17) is 0 Å². The first-order valence-corrected chi connectivity index (χ1v) is 6.63. The molecule has 1 aromatic rings. The molecule has 0 unspecified atom stereocenters. The molecule has 0 atom stereocenters. The molecule has 20 heavy (non-hydrogen) atoms. The fraction of sp³-hybridized carbons (Fsp3) is 0.538. The highest BCUT2D eigenvalue weighted by atomic mass is 16.6. The second kappa shape index (κ2) is 5.85. The molecule has 0 saturated heterocycles. The first-order valence-electron chi connectivity index (χ1n) is 6.63. The van der Waals surface area contributed by atoms with Gasteiger partial charge in [0.25, 0.3) is 0 Å². The Morgan fingerprint density at radius 3 is 2.70 bits per heavy atom. The predicted octanol–water partition coefficient (Wildman–Crippen LogP) is 1.12. The summed E-state index contributed by atoms with van der Waals surface area (Å²) in [6.07, 6.45) is 4.10. The zero-order chi connectivity index (χ0) is 14.7. The Kier molecular flexibility index (Phi) is 4.16. The van der Waals surface area contributed by atoms with E-state index in [1.54, 1.807) is 6.92 Å². The minimum atomic E-state index is -0.739. The number of hydrogen-bond donors (Lipinski definition) is 1. The van der Waals surface area contributed by atoms with Gasteiger partial charge in [0.15, 0.2) is 0 Å². The van der Waals surface area contributed by atoms with Crippen LogP contribution < -0.4 is 10.9 Å². The zero-order valence-electron chi connectivity index (χ0n) is 11.3. The van der Waals surface area contributed by atoms with Crippen LogP contribution in [0.3, 0.4) is 0 Å². The lowest BCUT2D eigenvalue weighted by molar-refractivity contribution is -0.386. The average molecular weight is 279 g/mol. The van der Waals surface area contributed by atoms with Crippen molar-refractivity contribution in [3.63, 3.8) is 0 Å². The summed E-state index contributed by atoms with van der Waals surface area (Å²) in [6, 6.07) is 2.81. The van der Waals surface area contributed by atoms with Crippen LogP contribution in [0.2, 0.25) is 0 Å². The fourth-order valence-corrected chi connectivity index (χ4v) is 2.48. The van der Waals surface area contributed by atoms with Gasteiger partial charge in [-0.25, -0.2) is 0 Å². The van der Waals surface area contributed by atoms with Gasteiger partial charge >= 0.3 is 11.2 Å². The summed E-state index contributed by atoms with van der Waals surface area (Å²) >= 11 is 0. The summed E-state index contributed by atoms with van der Waals surface area (Å²) < 4.78 is 1.14. The van der Waals surface area contributed by atoms with Crippen LogP contribution in [0.15, 0.2) is 16.9 Å². The molecule has 1 aliphatic rings. The number of carbonyl (C=O) groups excluding carboxylic acids is 1. The highest BCUT2D eigenvalue weighted by molar-refractivity contribution is 5.76. The van der Waals surface area contributed by atoms with Crippen LogP contribution in [0, 0.1) is 17.0 Å². The molecule has 7 nitrogen and oxygen atoms in total. The van der Waals surface area contributed by atoms with Gasteiger partial charge in [-0.15, -0.1) is 0 Å². The molecular weight excluding hydrogens is 262 g/mol. The summed E-state index contributed by atoms with van der Waals surface area (Å²) in [5.41, 5.74) is -0.719. The summed E-state index contributed by atoms with van der Waals surface area (Å²) in [5, 5.41) is 13.6. The third kappa shape index (κ3) is 3.04. The van der Waals surface area contributed by atoms with Crippen LogP contribution in [0.5, 0.6) is 0 Å². The van der Waals surface area contributed by atoms with E-state index in [0.717, 1.165) is 30.3 Å². The lowest BCUT2D eigenvalue weighted by Crippen LogP contribution is -2.38. The quantitative estimate of drug-likeness (QED) is 0.660. The number of aromatic nitrogens is 1. The first kappa shape index (κ1) is 14.2. The molecular formula is C13H17N3O4. The average Bonchev–Trinajstić information content (AvgIpc) is 2.86. The van der Waals surface area contributed by atoms with Crippen LogP contribution in [-0.4, -0.2) is 21.4 Å². The van der Waals surface area contributed by atoms with Crippen molar-refractivity contribution in [1.82, 2.24) is 9.88 Å². The number of nitrogens with zero attached hydrogens (tertiary/aromatic N) is 2. The molecule has 0 aromatic carbocycles. The first-order chi connectivity index (χ1) is 9.49. The van der Waals surface area contributed by atoms with Gasteiger partial charge in [0, 0.05) is 17.8 Å². The van der Waals surface area contributed by atoms with E-state index in [-0.39, 0.29) is 18.5 Å². The van der Waals surface area contributed by atoms with Crippen molar-refractivity contribution in [1.29, 1.82) is 0 Å². The van der Waals surface area contributed by atoms with Crippen molar-refractivity contribution in [3.8, 4) is 0 Å². The van der Waals surface area contributed by atoms with E-state index in [9.17, 15) is 19.7 Å². The molecule has 1 aromatic heterocycles. The Hall–Kier alpha value is -2.18. The van der Waals surface area contributed by atoms with E-state index in [1.807, 2.05) is 0 Å². The largest absolute Gasteiger partial charge is 0.352 e. The van der Waals surface area contributed by atoms with E-state index >= 15 is 0 Å². The maximum Gasteiger partial charge on any atom is 0.334 e. The van der Waals surface area contributed by atoms with Crippen LogP contribution in [0.1, 0.15) is 31.4 Å². The van der Waals surface area contributed by atoms with Crippen molar-refractivity contribution in [3.05, 3.63) is 38.3 Å². The summed E-state index contributed by atoms with van der Waals surface area (Å²) in [4.78, 5) is 33.9. The lowest BCUT2D eigenvalue weighted by atomic mass is 10.2. The second-order valence-corrected chi connectivity index (χ2v) is 5.06. The van der Waals surface area contributed by atoms with Gasteiger partial charge in [-0.3, -0.25) is 24.3 Å². The van der Waals surface area contributed by atoms with E-state index in [2.05, 4.69) is 5.32 Å². The van der Waals surface area contributed by atoms with Gasteiger partial charge in [0.2, 0.25) is 5.91 Å². The van der Waals surface area contributed by atoms with Crippen molar-refractivity contribution < 1.29 is 9.72 Å². The van der Waals surface area contributed by atoms with Crippen molar-refractivity contribution in [2.75, 3.05) is 0 Å². The molecule has 1 saturated carbocycles. The highest BCUT2D eigenvalue weighted by Gasteiger charge is 2.20. The number of nitrogens with one attached hydrogen (secondary N) is 1. The van der Waals surface area contributed by atoms with Gasteiger partial charge in [-0.05, 0) is 25.8 Å². The Morgan fingerprint density at radius 2 is 2.10 bits per heavy atom. The molecule has 1 fully saturated rings. The maximum absolute atomic E-state index is 11.9. The van der Waals surface area contributed by atoms with Gasteiger partial charge < -0.3 is 5.32 Å². The molecule has 1 heterocycles. The van der Waals surface area contributed by atoms with Gasteiger partial charge in [0.05, 0.1) is 4.92 Å². The van der Waals surface area contributed by atoms with Crippen LogP contribution >= 0.6 is 0 Å². The molecule has 2 rings (SSSR count). The molecule has 1 N–H and O–H groups in total. The summed E-state index contributed by atoms with van der Waals surface area (Å²) in [5.74, 6) is -0.275. The third-order valence-corrected chi connectivity index (χ3v) is 3.59. The number of aryl methyl sites for hydroxylation is 1. The van der Waals surface area contributed by atoms with Crippen LogP contribution in [0.4, 0.5) is 5.69 Å². The smallest absolute Gasteiger partial charge is 0.334 e. The van der Waals surface area contributed by atoms with Gasteiger partial charge in [0.1, 0.15) is 6.54 Å². The van der Waals surface area contributed by atoms with Crippen molar-refractivity contribution in [2.24, 2.45) is 0 Å². The normalized spacial score (nSPS) is 15.2. The zero-order valence-corrected chi connectivity index (χ0v) is 11.3. The molecule has 0 spiro atoms. The number of amides is 1. The van der Waals surface area contributed by atoms with Crippen molar-refractivity contribution in [2.45, 2.75) is 45.2 Å². The topological polar surface area (TPSA) is 94.2 Å². The standard InChI is InChI=1S/C13H17N3O4/c1-9-6-7-11(16(19)20)13(18)15(9)8-12(17)14-10-4-2-3-5-10/h6-7,10H,2-5,8H2,1H3,(H,14,17). The van der Waals surface area contributed by atoms with E-state index in [1.165, 1.54) is 12.1 Å². The maximum atomic E-state index is 11.9. The van der Waals surface area contributed by atoms with E-state index in [0.29, 0.717) is 5.69 Å². The summed E-state index contributed by atoms with van der Waals surface area (Å²) in [6.45, 7) is 1.47. The molecule has 1 aliphatic carbocycles. The van der Waals surface area contributed by atoms with Gasteiger partial charge in [-0.1, -0.05) is 12.8 Å². The van der Waals surface area contributed by atoms with E-state index < -0.39 is 16.2 Å². The predicted molar refractivity (Wildman–Crippen MR) is 72.5 cm³/mol. The number of rotatable bonds is 4. The third-order valence-electron chi connectivity index (χ3n) is 3.59. The summed E-state index contributed by atoms with van der Waals surface area (Å²) in [7, 11) is 0. The molecule has 1 amide bonds. The Labute approximate surface area is 115 Å². The number of hydrogen-bond acceptors (Lipinski definition) is 4. The monoisotopic (exact) mass is 279 g/mol. The SMILES string of the molecule is Cc1ccc([N+](=O)[O-])c(=O)n1CC(=O)NC1CCCC1. The lowest BCUT2D eigenvalue weighted by Gasteiger charge is -2.14. The van der Waals surface area contributed by atoms with Crippen LogP contribution in [-0.2, 0) is 11.3 Å². The Balaban J connectivity index is 2.15. The molecule has 0 bridgehead atoms. The Bertz CT molecular complexity index is 588. The van der Waals surface area contributed by atoms with Crippen molar-refractivity contribution >= 4 is 11.6 Å². The van der Waals surface area contributed by atoms with Gasteiger partial charge in [-0.2, -0.15) is 0 Å². The second-order valence-electron chi connectivity index (χ2n) is 5.06. The number of nitro groups is 1. The number of carbonyl (C=O) groups is 1. The molecule has 7 heteroatoms. The minimum Gasteiger partial charge on any atom is -0.352 e. The highest BCUT2D eigenvalue weighted by Crippen LogP contribution is 2.17. The van der Waals surface area contributed by atoms with Crippen LogP contribution in [0.25, 0.3) is 0 Å². The molecule has 0 radical (unpaired) electrons. The Morgan fingerprint density at radius 1 is 1.45 bits per heavy atom. The fourth-order valence-electron chi connectivity index (χ4n) is 2.48. The number of pyridine rings is 1. The molecule has 108 valence electrons.